The zero-order chi connectivity index (χ0) is 31.3. The molecule has 0 radical (unpaired) electrons. The Morgan fingerprint density at radius 1 is 0.396 bits per heavy atom. The Hall–Kier alpha value is -6.52. The first-order chi connectivity index (χ1) is 23.8. The predicted octanol–water partition coefficient (Wildman–Crippen LogP) is 12.1. The highest BCUT2D eigenvalue weighted by atomic mass is 16.3. The molecule has 48 heavy (non-hydrogen) atoms. The van der Waals surface area contributed by atoms with Crippen LogP contribution in [0.2, 0.25) is 0 Å². The van der Waals surface area contributed by atoms with E-state index in [1.165, 1.54) is 55.0 Å². The van der Waals surface area contributed by atoms with Crippen molar-refractivity contribution in [2.45, 2.75) is 0 Å². The van der Waals surface area contributed by atoms with E-state index in [1.807, 2.05) is 6.07 Å². The van der Waals surface area contributed by atoms with Gasteiger partial charge in [0, 0.05) is 32.6 Å². The molecule has 0 unspecified atom stereocenters. The summed E-state index contributed by atoms with van der Waals surface area (Å²) in [5.41, 5.74) is 13.4. The van der Waals surface area contributed by atoms with E-state index in [-0.39, 0.29) is 0 Å². The zero-order valence-corrected chi connectivity index (χ0v) is 25.8. The molecule has 0 fully saturated rings. The summed E-state index contributed by atoms with van der Waals surface area (Å²) < 4.78 is 11.6. The van der Waals surface area contributed by atoms with Crippen LogP contribution < -0.4 is 4.90 Å². The summed E-state index contributed by atoms with van der Waals surface area (Å²) in [4.78, 5) is 2.39. The van der Waals surface area contributed by atoms with Crippen LogP contribution >= 0.6 is 0 Å². The van der Waals surface area contributed by atoms with Gasteiger partial charge in [-0.25, -0.2) is 0 Å². The zero-order valence-electron chi connectivity index (χ0n) is 25.8. The number of hydrogen-bond donors (Lipinski definition) is 0. The van der Waals surface area contributed by atoms with Gasteiger partial charge in [-0.05, 0) is 65.7 Å². The number of para-hydroxylation sites is 5. The number of anilines is 3. The van der Waals surface area contributed by atoms with Crippen LogP contribution in [0.3, 0.4) is 0 Å². The third-order valence-electron chi connectivity index (χ3n) is 10.0. The van der Waals surface area contributed by atoms with Crippen LogP contribution in [-0.2, 0) is 0 Å². The van der Waals surface area contributed by atoms with Gasteiger partial charge >= 0.3 is 0 Å². The quantitative estimate of drug-likeness (QED) is 0.197. The Morgan fingerprint density at radius 3 is 1.79 bits per heavy atom. The van der Waals surface area contributed by atoms with Crippen LogP contribution in [0.4, 0.5) is 17.1 Å². The Kier molecular flexibility index (Phi) is 5.08. The molecule has 224 valence electrons. The molecule has 4 heteroatoms. The summed E-state index contributed by atoms with van der Waals surface area (Å²) >= 11 is 0. The highest BCUT2D eigenvalue weighted by Crippen LogP contribution is 2.49. The summed E-state index contributed by atoms with van der Waals surface area (Å²) in [5, 5.41) is 5.96. The molecule has 0 bridgehead atoms. The standard InChI is InChI=1S/C44H27N3O/c1-2-12-28(13-3-1)29-24-26-30(27-25-29)45(39-22-10-16-32-31-14-5-9-23-40(31)48-43(32)39)37-20-11-21-38-42(37)41-33-15-4-6-17-34(33)46-35-18-7-8-19-36(35)47(38)44(41)46/h1-27H. The van der Waals surface area contributed by atoms with E-state index in [2.05, 4.69) is 171 Å². The van der Waals surface area contributed by atoms with Gasteiger partial charge in [0.1, 0.15) is 11.2 Å². The average molecular weight is 614 g/mol. The van der Waals surface area contributed by atoms with Crippen LogP contribution in [-0.4, -0.2) is 8.80 Å². The van der Waals surface area contributed by atoms with Gasteiger partial charge < -0.3 is 9.32 Å². The van der Waals surface area contributed by atoms with Crippen LogP contribution in [0.1, 0.15) is 0 Å². The molecule has 11 rings (SSSR count). The summed E-state index contributed by atoms with van der Waals surface area (Å²) in [5.74, 6) is 0. The molecule has 7 aromatic carbocycles. The minimum atomic E-state index is 0.874. The van der Waals surface area contributed by atoms with Crippen molar-refractivity contribution < 1.29 is 4.42 Å². The van der Waals surface area contributed by atoms with Crippen LogP contribution in [0.5, 0.6) is 0 Å². The molecule has 0 spiro atoms. The fraction of sp³-hybridized carbons (Fsp3) is 0. The lowest BCUT2D eigenvalue weighted by Crippen LogP contribution is -2.10. The largest absolute Gasteiger partial charge is 0.454 e. The van der Waals surface area contributed by atoms with Crippen LogP contribution in [0.25, 0.3) is 76.9 Å². The number of fused-ring (bicyclic) bond motifs is 12. The van der Waals surface area contributed by atoms with Crippen molar-refractivity contribution >= 4 is 82.9 Å². The van der Waals surface area contributed by atoms with E-state index >= 15 is 0 Å². The van der Waals surface area contributed by atoms with Gasteiger partial charge in [-0.3, -0.25) is 8.80 Å². The van der Waals surface area contributed by atoms with Crippen LogP contribution in [0, 0.1) is 0 Å². The molecule has 0 aliphatic rings. The maximum absolute atomic E-state index is 6.69. The molecular formula is C44H27N3O. The van der Waals surface area contributed by atoms with E-state index in [0.29, 0.717) is 0 Å². The molecule has 0 aliphatic heterocycles. The summed E-state index contributed by atoms with van der Waals surface area (Å²) in [6.45, 7) is 0. The Balaban J connectivity index is 1.27. The number of hydrogen-bond acceptors (Lipinski definition) is 2. The second-order valence-corrected chi connectivity index (χ2v) is 12.5. The molecule has 0 aliphatic carbocycles. The van der Waals surface area contributed by atoms with Gasteiger partial charge in [0.2, 0.25) is 0 Å². The molecule has 0 saturated heterocycles. The van der Waals surface area contributed by atoms with Crippen molar-refractivity contribution in [2.24, 2.45) is 0 Å². The van der Waals surface area contributed by atoms with Crippen LogP contribution in [0.15, 0.2) is 168 Å². The summed E-state index contributed by atoms with van der Waals surface area (Å²) in [6.07, 6.45) is 0. The molecule has 4 aromatic heterocycles. The molecule has 0 N–H and O–H groups in total. The average Bonchev–Trinajstić information content (AvgIpc) is 3.88. The van der Waals surface area contributed by atoms with Gasteiger partial charge in [0.25, 0.3) is 0 Å². The maximum Gasteiger partial charge on any atom is 0.159 e. The number of nitrogens with zero attached hydrogens (tertiary/aromatic N) is 3. The Bertz CT molecular complexity index is 2990. The minimum absolute atomic E-state index is 0.874. The van der Waals surface area contributed by atoms with Crippen molar-refractivity contribution in [1.29, 1.82) is 0 Å². The molecule has 11 aromatic rings. The van der Waals surface area contributed by atoms with Gasteiger partial charge in [0.05, 0.1) is 33.4 Å². The molecule has 0 saturated carbocycles. The first kappa shape index (κ1) is 25.6. The molecule has 0 amide bonds. The number of aromatic nitrogens is 2. The third kappa shape index (κ3) is 3.33. The number of imidazole rings is 1. The Morgan fingerprint density at radius 2 is 0.979 bits per heavy atom. The van der Waals surface area contributed by atoms with E-state index in [0.717, 1.165) is 39.0 Å². The van der Waals surface area contributed by atoms with Crippen molar-refractivity contribution in [3.8, 4) is 11.1 Å². The third-order valence-corrected chi connectivity index (χ3v) is 10.0. The first-order valence-electron chi connectivity index (χ1n) is 16.4. The second-order valence-electron chi connectivity index (χ2n) is 12.5. The van der Waals surface area contributed by atoms with Crippen molar-refractivity contribution in [3.05, 3.63) is 164 Å². The fourth-order valence-corrected chi connectivity index (χ4v) is 8.04. The molecule has 4 nitrogen and oxygen atoms in total. The highest BCUT2D eigenvalue weighted by molar-refractivity contribution is 6.28. The van der Waals surface area contributed by atoms with E-state index < -0.39 is 0 Å². The lowest BCUT2D eigenvalue weighted by atomic mass is 10.0. The first-order valence-corrected chi connectivity index (χ1v) is 16.4. The highest BCUT2D eigenvalue weighted by Gasteiger charge is 2.27. The predicted molar refractivity (Wildman–Crippen MR) is 199 cm³/mol. The van der Waals surface area contributed by atoms with Gasteiger partial charge in [-0.1, -0.05) is 109 Å². The van der Waals surface area contributed by atoms with E-state index in [9.17, 15) is 0 Å². The van der Waals surface area contributed by atoms with Gasteiger partial charge in [0.15, 0.2) is 5.58 Å². The normalized spacial score (nSPS) is 12.2. The SMILES string of the molecule is c1ccc(-c2ccc(N(c3cccc4c3oc3ccccc34)c3cccc4c3c3c5ccccc5n5c6ccccc6n4c35)cc2)cc1. The Labute approximate surface area is 275 Å². The smallest absolute Gasteiger partial charge is 0.159 e. The second kappa shape index (κ2) is 9.50. The van der Waals surface area contributed by atoms with Crippen molar-refractivity contribution in [1.82, 2.24) is 8.80 Å². The molecular weight excluding hydrogens is 587 g/mol. The van der Waals surface area contributed by atoms with Crippen molar-refractivity contribution in [3.63, 3.8) is 0 Å². The topological polar surface area (TPSA) is 25.2 Å². The number of furan rings is 1. The maximum atomic E-state index is 6.69. The monoisotopic (exact) mass is 613 g/mol. The minimum Gasteiger partial charge on any atom is -0.454 e. The lowest BCUT2D eigenvalue weighted by Gasteiger charge is -2.26. The lowest BCUT2D eigenvalue weighted by molar-refractivity contribution is 0.669. The number of benzene rings is 7. The number of rotatable bonds is 4. The van der Waals surface area contributed by atoms with E-state index in [4.69, 9.17) is 4.42 Å². The van der Waals surface area contributed by atoms with Gasteiger partial charge in [-0.15, -0.1) is 0 Å². The molecule has 4 heterocycles. The summed E-state index contributed by atoms with van der Waals surface area (Å²) in [6, 6.07) is 58.6. The fourth-order valence-electron chi connectivity index (χ4n) is 8.04. The summed E-state index contributed by atoms with van der Waals surface area (Å²) in [7, 11) is 0. The van der Waals surface area contributed by atoms with Crippen molar-refractivity contribution in [2.75, 3.05) is 4.90 Å². The molecule has 0 atom stereocenters. The van der Waals surface area contributed by atoms with E-state index in [1.54, 1.807) is 0 Å². The van der Waals surface area contributed by atoms with Gasteiger partial charge in [-0.2, -0.15) is 0 Å².